The number of hydrogen-bond acceptors (Lipinski definition) is 4. The van der Waals surface area contributed by atoms with Gasteiger partial charge in [0.25, 0.3) is 0 Å². The van der Waals surface area contributed by atoms with E-state index in [4.69, 9.17) is 18.9 Å². The molecule has 0 aromatic carbocycles. The van der Waals surface area contributed by atoms with Crippen molar-refractivity contribution in [2.75, 3.05) is 26.4 Å². The topological polar surface area (TPSA) is 36.9 Å². The third-order valence-electron chi connectivity index (χ3n) is 11.4. The SMILES string of the molecule is CC1C2CC(CCC3(C)OCCO3)C(C2)C1C.CC1C2CC(CCC3OCCO3)C(C2)C1C. The summed E-state index contributed by atoms with van der Waals surface area (Å²) in [6.45, 7) is 15.1. The van der Waals surface area contributed by atoms with Gasteiger partial charge in [0.1, 0.15) is 0 Å². The molecule has 4 nitrogen and oxygen atoms in total. The smallest absolute Gasteiger partial charge is 0.165 e. The van der Waals surface area contributed by atoms with Crippen LogP contribution in [0, 0.1) is 59.2 Å². The third kappa shape index (κ3) is 5.06. The highest BCUT2D eigenvalue weighted by Crippen LogP contribution is 2.57. The van der Waals surface area contributed by atoms with Gasteiger partial charge in [-0.05, 0) is 111 Å². The summed E-state index contributed by atoms with van der Waals surface area (Å²) >= 11 is 0. The Bertz CT molecular complexity index is 636. The van der Waals surface area contributed by atoms with E-state index in [9.17, 15) is 0 Å². The largest absolute Gasteiger partial charge is 0.350 e. The van der Waals surface area contributed by atoms with Crippen molar-refractivity contribution in [3.63, 3.8) is 0 Å². The summed E-state index contributed by atoms with van der Waals surface area (Å²) in [5.74, 6) is 9.49. The van der Waals surface area contributed by atoms with Gasteiger partial charge in [0.05, 0.1) is 26.4 Å². The molecule has 6 aliphatic rings. The van der Waals surface area contributed by atoms with E-state index in [1.807, 2.05) is 0 Å². The van der Waals surface area contributed by atoms with Gasteiger partial charge in [-0.1, -0.05) is 27.7 Å². The van der Waals surface area contributed by atoms with Crippen LogP contribution in [0.25, 0.3) is 0 Å². The molecule has 0 spiro atoms. The van der Waals surface area contributed by atoms with Crippen molar-refractivity contribution in [3.05, 3.63) is 0 Å². The molecular weight excluding hydrogens is 412 g/mol. The van der Waals surface area contributed by atoms with Crippen LogP contribution in [0.3, 0.4) is 0 Å². The second-order valence-electron chi connectivity index (χ2n) is 12.9. The predicted molar refractivity (Wildman–Crippen MR) is 131 cm³/mol. The fourth-order valence-electron chi connectivity index (χ4n) is 8.93. The number of rotatable bonds is 6. The molecule has 0 amide bonds. The summed E-state index contributed by atoms with van der Waals surface area (Å²) in [4.78, 5) is 0. The van der Waals surface area contributed by atoms with Crippen molar-refractivity contribution in [3.8, 4) is 0 Å². The highest BCUT2D eigenvalue weighted by molar-refractivity contribution is 4.98. The normalized spacial score (nSPS) is 47.9. The van der Waals surface area contributed by atoms with Gasteiger partial charge in [0.15, 0.2) is 12.1 Å². The second-order valence-corrected chi connectivity index (χ2v) is 12.9. The summed E-state index contributed by atoms with van der Waals surface area (Å²) in [6.07, 6.45) is 10.9. The molecule has 2 saturated heterocycles. The van der Waals surface area contributed by atoms with Crippen LogP contribution in [0.4, 0.5) is 0 Å². The molecule has 6 rings (SSSR count). The lowest BCUT2D eigenvalue weighted by atomic mass is 9.74. The van der Waals surface area contributed by atoms with Gasteiger partial charge in [-0.2, -0.15) is 0 Å². The van der Waals surface area contributed by atoms with E-state index in [1.165, 1.54) is 38.5 Å². The molecule has 33 heavy (non-hydrogen) atoms. The van der Waals surface area contributed by atoms with Crippen LogP contribution in [0.5, 0.6) is 0 Å². The summed E-state index contributed by atoms with van der Waals surface area (Å²) in [6, 6.07) is 0. The van der Waals surface area contributed by atoms with Gasteiger partial charge in [-0.15, -0.1) is 0 Å². The van der Waals surface area contributed by atoms with Crippen LogP contribution in [-0.4, -0.2) is 38.5 Å². The van der Waals surface area contributed by atoms with E-state index < -0.39 is 0 Å². The Morgan fingerprint density at radius 2 is 1.12 bits per heavy atom. The molecule has 2 aliphatic heterocycles. The average molecular weight is 463 g/mol. The Morgan fingerprint density at radius 3 is 1.61 bits per heavy atom. The van der Waals surface area contributed by atoms with E-state index >= 15 is 0 Å². The lowest BCUT2D eigenvalue weighted by Gasteiger charge is -2.33. The first-order valence-corrected chi connectivity index (χ1v) is 14.4. The molecule has 0 aromatic rings. The number of ether oxygens (including phenoxy) is 4. The van der Waals surface area contributed by atoms with Gasteiger partial charge in [0.2, 0.25) is 0 Å². The van der Waals surface area contributed by atoms with Crippen molar-refractivity contribution < 1.29 is 18.9 Å². The van der Waals surface area contributed by atoms with Crippen LogP contribution >= 0.6 is 0 Å². The molecule has 6 fully saturated rings. The maximum atomic E-state index is 5.71. The predicted octanol–water partition coefficient (Wildman–Crippen LogP) is 6.53. The lowest BCUT2D eigenvalue weighted by molar-refractivity contribution is -0.150. The zero-order valence-electron chi connectivity index (χ0n) is 22.0. The zero-order chi connectivity index (χ0) is 23.2. The minimum Gasteiger partial charge on any atom is -0.350 e. The first-order valence-electron chi connectivity index (χ1n) is 14.4. The van der Waals surface area contributed by atoms with Crippen molar-refractivity contribution in [1.82, 2.24) is 0 Å². The number of fused-ring (bicyclic) bond motifs is 4. The van der Waals surface area contributed by atoms with Gasteiger partial charge in [0, 0.05) is 6.42 Å². The Kier molecular flexibility index (Phi) is 7.49. The maximum absolute atomic E-state index is 5.71. The number of hydrogen-bond donors (Lipinski definition) is 0. The first kappa shape index (κ1) is 24.5. The zero-order valence-corrected chi connectivity index (χ0v) is 22.0. The van der Waals surface area contributed by atoms with Crippen molar-refractivity contribution >= 4 is 0 Å². The minimum atomic E-state index is -0.267. The summed E-state index contributed by atoms with van der Waals surface area (Å²) in [5, 5.41) is 0. The minimum absolute atomic E-state index is 0.117. The fraction of sp³-hybridized carbons (Fsp3) is 1.00. The Hall–Kier alpha value is -0.160. The van der Waals surface area contributed by atoms with Gasteiger partial charge in [-0.3, -0.25) is 0 Å². The molecule has 0 radical (unpaired) electrons. The van der Waals surface area contributed by atoms with E-state index in [0.717, 1.165) is 98.4 Å². The maximum Gasteiger partial charge on any atom is 0.165 e. The quantitative estimate of drug-likeness (QED) is 0.450. The second kappa shape index (κ2) is 10.1. The molecular formula is C29H50O4. The van der Waals surface area contributed by atoms with Gasteiger partial charge < -0.3 is 18.9 Å². The van der Waals surface area contributed by atoms with E-state index in [-0.39, 0.29) is 12.1 Å². The molecule has 4 heteroatoms. The van der Waals surface area contributed by atoms with Crippen molar-refractivity contribution in [2.45, 2.75) is 98.1 Å². The Morgan fingerprint density at radius 1 is 0.606 bits per heavy atom. The van der Waals surface area contributed by atoms with Crippen molar-refractivity contribution in [2.24, 2.45) is 59.2 Å². The van der Waals surface area contributed by atoms with Crippen LogP contribution in [0.15, 0.2) is 0 Å². The summed E-state index contributed by atoms with van der Waals surface area (Å²) in [7, 11) is 0. The van der Waals surface area contributed by atoms with E-state index in [1.54, 1.807) is 0 Å². The molecule has 4 aliphatic carbocycles. The lowest BCUT2D eigenvalue weighted by Crippen LogP contribution is -2.29. The van der Waals surface area contributed by atoms with Crippen LogP contribution in [0.2, 0.25) is 0 Å². The van der Waals surface area contributed by atoms with Crippen LogP contribution in [-0.2, 0) is 18.9 Å². The summed E-state index contributed by atoms with van der Waals surface area (Å²) < 4.78 is 22.4. The molecule has 0 N–H and O–H groups in total. The molecule has 190 valence electrons. The average Bonchev–Trinajstić information content (AvgIpc) is 3.62. The summed E-state index contributed by atoms with van der Waals surface area (Å²) in [5.41, 5.74) is 0. The third-order valence-corrected chi connectivity index (χ3v) is 11.4. The van der Waals surface area contributed by atoms with E-state index in [2.05, 4.69) is 34.6 Å². The van der Waals surface area contributed by atoms with Crippen molar-refractivity contribution in [1.29, 1.82) is 0 Å². The van der Waals surface area contributed by atoms with Crippen LogP contribution in [0.1, 0.15) is 86.0 Å². The van der Waals surface area contributed by atoms with Crippen LogP contribution < -0.4 is 0 Å². The highest BCUT2D eigenvalue weighted by atomic mass is 16.7. The Balaban J connectivity index is 0.000000139. The highest BCUT2D eigenvalue weighted by Gasteiger charge is 2.49. The molecule has 10 atom stereocenters. The monoisotopic (exact) mass is 462 g/mol. The fourth-order valence-corrected chi connectivity index (χ4v) is 8.93. The van der Waals surface area contributed by atoms with E-state index in [0.29, 0.717) is 0 Å². The molecule has 2 heterocycles. The first-order chi connectivity index (χ1) is 15.8. The van der Waals surface area contributed by atoms with Gasteiger partial charge >= 0.3 is 0 Å². The van der Waals surface area contributed by atoms with Gasteiger partial charge in [-0.25, -0.2) is 0 Å². The molecule has 4 saturated carbocycles. The molecule has 0 aromatic heterocycles. The molecule has 10 unspecified atom stereocenters. The standard InChI is InChI=1S/C15H26O2.C14H24O2/c1-10-11(2)14-9-13(10)8-12(14)4-5-15(3)16-6-7-17-15;1-9-10(2)13-8-12(9)7-11(13)3-4-14-15-5-6-16-14/h10-14H,4-9H2,1-3H3;9-14H,3-8H2,1-2H3. The Labute approximate surface area is 202 Å². The molecule has 4 bridgehead atoms.